The molecule has 0 spiro atoms. The lowest BCUT2D eigenvalue weighted by Crippen LogP contribution is -2.58. The molecule has 0 fully saturated rings. The maximum absolute atomic E-state index is 13.0. The second-order valence-corrected chi connectivity index (χ2v) is 9.45. The average Bonchev–Trinajstić information content (AvgIpc) is 2.79. The van der Waals surface area contributed by atoms with E-state index in [0.717, 1.165) is 0 Å². The van der Waals surface area contributed by atoms with Gasteiger partial charge in [0, 0.05) is 13.0 Å². The Labute approximate surface area is 214 Å². The second-order valence-electron chi connectivity index (χ2n) is 8.46. The number of amides is 3. The van der Waals surface area contributed by atoms with Crippen LogP contribution in [0.1, 0.15) is 46.0 Å². The highest BCUT2D eigenvalue weighted by molar-refractivity contribution is 7.98. The molecule has 0 bridgehead atoms. The summed E-state index contributed by atoms with van der Waals surface area (Å²) in [6, 6.07) is -4.48. The van der Waals surface area contributed by atoms with Crippen LogP contribution in [0.4, 0.5) is 0 Å². The lowest BCUT2D eigenvalue weighted by Gasteiger charge is -2.27. The van der Waals surface area contributed by atoms with E-state index in [1.54, 1.807) is 13.8 Å². The van der Waals surface area contributed by atoms with Crippen molar-refractivity contribution in [2.45, 2.75) is 70.1 Å². The molecule has 14 nitrogen and oxygen atoms in total. The van der Waals surface area contributed by atoms with Gasteiger partial charge in [0.2, 0.25) is 17.7 Å². The van der Waals surface area contributed by atoms with Crippen LogP contribution in [-0.4, -0.2) is 88.6 Å². The van der Waals surface area contributed by atoms with Crippen LogP contribution in [0, 0.1) is 5.92 Å². The maximum atomic E-state index is 13.0. The predicted molar refractivity (Wildman–Crippen MR) is 136 cm³/mol. The molecule has 36 heavy (non-hydrogen) atoms. The monoisotopic (exact) mass is 533 g/mol. The van der Waals surface area contributed by atoms with Gasteiger partial charge in [-0.3, -0.25) is 24.2 Å². The summed E-state index contributed by atoms with van der Waals surface area (Å²) in [5, 5.41) is 25.6. The second kappa shape index (κ2) is 17.4. The number of aliphatic carboxylic acids is 2. The highest BCUT2D eigenvalue weighted by Crippen LogP contribution is 2.08. The summed E-state index contributed by atoms with van der Waals surface area (Å²) in [5.74, 6) is -4.46. The molecule has 0 aromatic carbocycles. The number of nitrogens with one attached hydrogen (secondary N) is 3. The first-order chi connectivity index (χ1) is 16.8. The summed E-state index contributed by atoms with van der Waals surface area (Å²) in [6.07, 6.45) is 1.79. The number of hydrogen-bond donors (Lipinski definition) is 8. The molecule has 0 aromatic rings. The van der Waals surface area contributed by atoms with Crippen LogP contribution in [-0.2, 0) is 24.0 Å². The lowest BCUT2D eigenvalue weighted by atomic mass is 10.0. The Kier molecular flexibility index (Phi) is 15.9. The minimum Gasteiger partial charge on any atom is -0.481 e. The minimum absolute atomic E-state index is 0.0472. The van der Waals surface area contributed by atoms with E-state index in [4.69, 9.17) is 22.3 Å². The van der Waals surface area contributed by atoms with Crippen molar-refractivity contribution in [3.8, 4) is 0 Å². The number of guanidine groups is 1. The third kappa shape index (κ3) is 13.7. The lowest BCUT2D eigenvalue weighted by molar-refractivity contribution is -0.143. The summed E-state index contributed by atoms with van der Waals surface area (Å²) in [4.78, 5) is 64.5. The van der Waals surface area contributed by atoms with E-state index >= 15 is 0 Å². The molecule has 11 N–H and O–H groups in total. The van der Waals surface area contributed by atoms with Gasteiger partial charge in [-0.1, -0.05) is 13.8 Å². The fourth-order valence-corrected chi connectivity index (χ4v) is 3.49. The Bertz CT molecular complexity index is 791. The van der Waals surface area contributed by atoms with Gasteiger partial charge >= 0.3 is 11.9 Å². The molecule has 0 rings (SSSR count). The molecule has 0 saturated heterocycles. The molecule has 0 radical (unpaired) electrons. The number of thioether (sulfide) groups is 1. The summed E-state index contributed by atoms with van der Waals surface area (Å²) in [7, 11) is 0. The van der Waals surface area contributed by atoms with E-state index in [9.17, 15) is 29.1 Å². The fraction of sp³-hybridized carbons (Fsp3) is 0.714. The van der Waals surface area contributed by atoms with E-state index in [-0.39, 0.29) is 37.7 Å². The SMILES string of the molecule is CSCCC(N)C(=O)NC(C(=O)NC(CCCN=C(N)N)C(=O)NC(CCC(=O)O)C(=O)O)C(C)C. The van der Waals surface area contributed by atoms with Crippen molar-refractivity contribution in [1.29, 1.82) is 0 Å². The van der Waals surface area contributed by atoms with Crippen molar-refractivity contribution in [2.24, 2.45) is 28.1 Å². The molecular weight excluding hydrogens is 494 g/mol. The van der Waals surface area contributed by atoms with Gasteiger partial charge in [-0.05, 0) is 43.6 Å². The van der Waals surface area contributed by atoms with Crippen LogP contribution >= 0.6 is 11.8 Å². The molecule has 4 atom stereocenters. The molecule has 206 valence electrons. The Morgan fingerprint density at radius 1 is 0.889 bits per heavy atom. The van der Waals surface area contributed by atoms with Gasteiger partial charge in [-0.25, -0.2) is 4.79 Å². The summed E-state index contributed by atoms with van der Waals surface area (Å²) < 4.78 is 0. The van der Waals surface area contributed by atoms with Crippen molar-refractivity contribution < 1.29 is 34.2 Å². The largest absolute Gasteiger partial charge is 0.481 e. The molecule has 3 amide bonds. The first-order valence-corrected chi connectivity index (χ1v) is 12.8. The maximum Gasteiger partial charge on any atom is 0.326 e. The van der Waals surface area contributed by atoms with Gasteiger partial charge in [0.15, 0.2) is 5.96 Å². The van der Waals surface area contributed by atoms with Crippen molar-refractivity contribution in [1.82, 2.24) is 16.0 Å². The van der Waals surface area contributed by atoms with E-state index in [1.807, 2.05) is 6.26 Å². The third-order valence-corrected chi connectivity index (χ3v) is 5.70. The van der Waals surface area contributed by atoms with Crippen LogP contribution in [0.5, 0.6) is 0 Å². The summed E-state index contributed by atoms with van der Waals surface area (Å²) in [6.45, 7) is 3.56. The van der Waals surface area contributed by atoms with Gasteiger partial charge in [-0.2, -0.15) is 11.8 Å². The molecular formula is C21H39N7O7S. The van der Waals surface area contributed by atoms with Gasteiger partial charge in [0.25, 0.3) is 0 Å². The zero-order valence-electron chi connectivity index (χ0n) is 20.9. The van der Waals surface area contributed by atoms with Crippen LogP contribution < -0.4 is 33.2 Å². The zero-order valence-corrected chi connectivity index (χ0v) is 21.7. The predicted octanol–water partition coefficient (Wildman–Crippen LogP) is -1.82. The van der Waals surface area contributed by atoms with E-state index < -0.39 is 60.2 Å². The fourth-order valence-electron chi connectivity index (χ4n) is 3.00. The highest BCUT2D eigenvalue weighted by atomic mass is 32.2. The van der Waals surface area contributed by atoms with Crippen LogP contribution in [0.15, 0.2) is 4.99 Å². The summed E-state index contributed by atoms with van der Waals surface area (Å²) >= 11 is 1.53. The average molecular weight is 534 g/mol. The number of carbonyl (C=O) groups is 5. The number of carboxylic acids is 2. The Morgan fingerprint density at radius 2 is 1.50 bits per heavy atom. The molecule has 0 aliphatic carbocycles. The van der Waals surface area contributed by atoms with Gasteiger partial charge in [-0.15, -0.1) is 0 Å². The molecule has 15 heteroatoms. The van der Waals surface area contributed by atoms with Gasteiger partial charge in [0.1, 0.15) is 18.1 Å². The van der Waals surface area contributed by atoms with Crippen molar-refractivity contribution in [2.75, 3.05) is 18.6 Å². The molecule has 4 unspecified atom stereocenters. The van der Waals surface area contributed by atoms with Crippen molar-refractivity contribution in [3.05, 3.63) is 0 Å². The smallest absolute Gasteiger partial charge is 0.326 e. The number of nitrogens with zero attached hydrogens (tertiary/aromatic N) is 1. The molecule has 0 saturated carbocycles. The number of carbonyl (C=O) groups excluding carboxylic acids is 3. The normalized spacial score (nSPS) is 14.1. The number of nitrogens with two attached hydrogens (primary N) is 3. The highest BCUT2D eigenvalue weighted by Gasteiger charge is 2.31. The van der Waals surface area contributed by atoms with Crippen molar-refractivity contribution >= 4 is 47.4 Å². The molecule has 0 aliphatic heterocycles. The topological polar surface area (TPSA) is 252 Å². The van der Waals surface area contributed by atoms with E-state index in [0.29, 0.717) is 12.2 Å². The number of hydrogen-bond acceptors (Lipinski definition) is 8. The van der Waals surface area contributed by atoms with Crippen molar-refractivity contribution in [3.63, 3.8) is 0 Å². The molecule has 0 heterocycles. The standard InChI is InChI=1S/C21H39N7O7S/c1-11(2)16(28-17(31)12(22)8-10-36-3)19(33)26-13(5-4-9-25-21(23)24)18(32)27-14(20(34)35)6-7-15(29)30/h11-14,16H,4-10,22H2,1-3H3,(H,26,33)(H,27,32)(H,28,31)(H,29,30)(H,34,35)(H4,23,24,25). The number of carboxylic acid groups (broad SMARTS) is 2. The van der Waals surface area contributed by atoms with E-state index in [2.05, 4.69) is 20.9 Å². The minimum atomic E-state index is -1.47. The van der Waals surface area contributed by atoms with Crippen LogP contribution in [0.2, 0.25) is 0 Å². The Balaban J connectivity index is 5.54. The molecule has 0 aromatic heterocycles. The van der Waals surface area contributed by atoms with Gasteiger partial charge < -0.3 is 43.4 Å². The first kappa shape index (κ1) is 32.9. The van der Waals surface area contributed by atoms with Crippen LogP contribution in [0.3, 0.4) is 0 Å². The Hall–Kier alpha value is -3.07. The summed E-state index contributed by atoms with van der Waals surface area (Å²) in [5.41, 5.74) is 16.5. The zero-order chi connectivity index (χ0) is 27.8. The van der Waals surface area contributed by atoms with Crippen LogP contribution in [0.25, 0.3) is 0 Å². The van der Waals surface area contributed by atoms with Gasteiger partial charge in [0.05, 0.1) is 6.04 Å². The van der Waals surface area contributed by atoms with E-state index in [1.165, 1.54) is 11.8 Å². The Morgan fingerprint density at radius 3 is 2.00 bits per heavy atom. The number of rotatable bonds is 18. The quantitative estimate of drug-likeness (QED) is 0.0553. The first-order valence-electron chi connectivity index (χ1n) is 11.5. The number of aliphatic imine (C=N–C) groups is 1. The third-order valence-electron chi connectivity index (χ3n) is 5.06. The molecule has 0 aliphatic rings.